The van der Waals surface area contributed by atoms with Crippen LogP contribution < -0.4 is 10.6 Å². The van der Waals surface area contributed by atoms with Gasteiger partial charge in [0.2, 0.25) is 0 Å². The number of pyridine rings is 1. The van der Waals surface area contributed by atoms with Crippen LogP contribution in [0.15, 0.2) is 53.1 Å². The maximum absolute atomic E-state index is 13.2. The fourth-order valence-electron chi connectivity index (χ4n) is 3.71. The number of nitrogens with zero attached hydrogens (tertiary/aromatic N) is 1. The number of carbonyl (C=O) groups is 1. The van der Waals surface area contributed by atoms with Gasteiger partial charge in [-0.3, -0.25) is 4.79 Å². The molecule has 1 fully saturated rings. The van der Waals surface area contributed by atoms with Crippen LogP contribution in [0.3, 0.4) is 0 Å². The van der Waals surface area contributed by atoms with Gasteiger partial charge in [-0.05, 0) is 49.9 Å². The Labute approximate surface area is 165 Å². The fraction of sp³-hybridized carbons (Fsp3) is 0.333. The molecule has 1 aromatic carbocycles. The summed E-state index contributed by atoms with van der Waals surface area (Å²) in [6.07, 6.45) is -0.112. The molecule has 1 amide bonds. The first-order valence-corrected chi connectivity index (χ1v) is 9.48. The predicted octanol–water partition coefficient (Wildman–Crippen LogP) is 5.00. The van der Waals surface area contributed by atoms with Crippen LogP contribution in [-0.2, 0) is 6.18 Å². The topological polar surface area (TPSA) is 67.2 Å². The zero-order valence-corrected chi connectivity index (χ0v) is 15.5. The molecule has 0 bridgehead atoms. The van der Waals surface area contributed by atoms with Crippen molar-refractivity contribution in [3.8, 4) is 0 Å². The second-order valence-corrected chi connectivity index (χ2v) is 7.21. The molecule has 2 heterocycles. The predicted molar refractivity (Wildman–Crippen MR) is 103 cm³/mol. The van der Waals surface area contributed by atoms with Crippen LogP contribution in [0.25, 0.3) is 10.9 Å². The summed E-state index contributed by atoms with van der Waals surface area (Å²) in [4.78, 5) is 15.8. The van der Waals surface area contributed by atoms with Gasteiger partial charge in [0.25, 0.3) is 5.91 Å². The standard InChI is InChI=1S/C21H20F3N3O2/c22-21(23,24)19-12-17(15-4-1-2-5-16(15)27-19)25-13-7-9-14(10-8-13)26-20(28)18-6-3-11-29-18/h1-6,11-14H,7-10H2,(H,25,27)(H,26,28). The lowest BCUT2D eigenvalue weighted by Crippen LogP contribution is -2.40. The third-order valence-corrected chi connectivity index (χ3v) is 5.17. The molecule has 2 N–H and O–H groups in total. The van der Waals surface area contributed by atoms with E-state index in [9.17, 15) is 18.0 Å². The van der Waals surface area contributed by atoms with Crippen LogP contribution in [0.5, 0.6) is 0 Å². The van der Waals surface area contributed by atoms with E-state index in [2.05, 4.69) is 15.6 Å². The van der Waals surface area contributed by atoms with Crippen LogP contribution in [-0.4, -0.2) is 23.0 Å². The van der Waals surface area contributed by atoms with E-state index in [4.69, 9.17) is 4.42 Å². The molecular formula is C21H20F3N3O2. The molecule has 0 atom stereocenters. The number of amides is 1. The lowest BCUT2D eigenvalue weighted by molar-refractivity contribution is -0.140. The van der Waals surface area contributed by atoms with Crippen LogP contribution in [0.4, 0.5) is 18.9 Å². The number of anilines is 1. The molecule has 152 valence electrons. The van der Waals surface area contributed by atoms with E-state index in [-0.39, 0.29) is 23.8 Å². The van der Waals surface area contributed by atoms with E-state index in [0.29, 0.717) is 16.6 Å². The Balaban J connectivity index is 1.44. The van der Waals surface area contributed by atoms with Gasteiger partial charge in [-0.2, -0.15) is 13.2 Å². The van der Waals surface area contributed by atoms with Crippen LogP contribution >= 0.6 is 0 Å². The molecule has 1 aliphatic rings. The smallest absolute Gasteiger partial charge is 0.433 e. The number of hydrogen-bond donors (Lipinski definition) is 2. The Morgan fingerprint density at radius 1 is 1.03 bits per heavy atom. The summed E-state index contributed by atoms with van der Waals surface area (Å²) < 4.78 is 44.8. The number of para-hydroxylation sites is 1. The third kappa shape index (κ3) is 4.36. The number of halogens is 3. The lowest BCUT2D eigenvalue weighted by atomic mass is 9.90. The molecule has 2 aromatic heterocycles. The number of fused-ring (bicyclic) bond motifs is 1. The summed E-state index contributed by atoms with van der Waals surface area (Å²) in [5.41, 5.74) is -0.159. The molecule has 29 heavy (non-hydrogen) atoms. The molecule has 0 saturated heterocycles. The molecule has 5 nitrogen and oxygen atoms in total. The monoisotopic (exact) mass is 403 g/mol. The second kappa shape index (κ2) is 7.77. The highest BCUT2D eigenvalue weighted by atomic mass is 19.4. The molecule has 1 aliphatic carbocycles. The number of carbonyl (C=O) groups excluding carboxylic acids is 1. The van der Waals surface area contributed by atoms with Crippen molar-refractivity contribution in [2.45, 2.75) is 43.9 Å². The van der Waals surface area contributed by atoms with Gasteiger partial charge in [0.05, 0.1) is 11.8 Å². The summed E-state index contributed by atoms with van der Waals surface area (Å²) in [7, 11) is 0. The van der Waals surface area contributed by atoms with Crippen LogP contribution in [0.2, 0.25) is 0 Å². The fourth-order valence-corrected chi connectivity index (χ4v) is 3.71. The first-order chi connectivity index (χ1) is 13.9. The highest BCUT2D eigenvalue weighted by Gasteiger charge is 2.33. The maximum Gasteiger partial charge on any atom is 0.433 e. The average molecular weight is 403 g/mol. The molecule has 8 heteroatoms. The van der Waals surface area contributed by atoms with Gasteiger partial charge in [0.15, 0.2) is 5.76 Å². The Bertz CT molecular complexity index is 994. The van der Waals surface area contributed by atoms with Gasteiger partial charge in [0.1, 0.15) is 5.69 Å². The minimum absolute atomic E-state index is 0.0190. The molecule has 0 radical (unpaired) electrons. The quantitative estimate of drug-likeness (QED) is 0.643. The first-order valence-electron chi connectivity index (χ1n) is 9.48. The second-order valence-electron chi connectivity index (χ2n) is 7.21. The van der Waals surface area contributed by atoms with E-state index >= 15 is 0 Å². The van der Waals surface area contributed by atoms with Crippen molar-refractivity contribution < 1.29 is 22.4 Å². The Kier molecular flexibility index (Phi) is 5.17. The first kappa shape index (κ1) is 19.3. The van der Waals surface area contributed by atoms with Crippen molar-refractivity contribution in [3.63, 3.8) is 0 Å². The van der Waals surface area contributed by atoms with Crippen molar-refractivity contribution in [1.29, 1.82) is 0 Å². The number of hydrogen-bond acceptors (Lipinski definition) is 4. The average Bonchev–Trinajstić information content (AvgIpc) is 3.24. The Hall–Kier alpha value is -3.03. The van der Waals surface area contributed by atoms with Gasteiger partial charge in [-0.1, -0.05) is 18.2 Å². The molecule has 3 aromatic rings. The Morgan fingerprint density at radius 2 is 1.76 bits per heavy atom. The molecule has 4 rings (SSSR count). The van der Waals surface area contributed by atoms with Gasteiger partial charge in [-0.15, -0.1) is 0 Å². The zero-order chi connectivity index (χ0) is 20.4. The van der Waals surface area contributed by atoms with Crippen molar-refractivity contribution >= 4 is 22.5 Å². The van der Waals surface area contributed by atoms with Crippen LogP contribution in [0, 0.1) is 0 Å². The summed E-state index contributed by atoms with van der Waals surface area (Å²) in [5, 5.41) is 6.87. The number of furan rings is 1. The molecule has 1 saturated carbocycles. The van der Waals surface area contributed by atoms with Crippen molar-refractivity contribution in [2.75, 3.05) is 5.32 Å². The van der Waals surface area contributed by atoms with Gasteiger partial charge in [-0.25, -0.2) is 4.98 Å². The van der Waals surface area contributed by atoms with Gasteiger partial charge >= 0.3 is 6.18 Å². The lowest BCUT2D eigenvalue weighted by Gasteiger charge is -2.30. The maximum atomic E-state index is 13.2. The number of aromatic nitrogens is 1. The highest BCUT2D eigenvalue weighted by molar-refractivity contribution is 5.92. The summed E-state index contributed by atoms with van der Waals surface area (Å²) >= 11 is 0. The minimum Gasteiger partial charge on any atom is -0.459 e. The summed E-state index contributed by atoms with van der Waals surface area (Å²) in [6, 6.07) is 11.2. The number of nitrogens with one attached hydrogen (secondary N) is 2. The Morgan fingerprint density at radius 3 is 2.45 bits per heavy atom. The summed E-state index contributed by atoms with van der Waals surface area (Å²) in [5.74, 6) is 0.0227. The van der Waals surface area contributed by atoms with E-state index in [0.717, 1.165) is 31.7 Å². The normalized spacial score (nSPS) is 19.8. The van der Waals surface area contributed by atoms with Crippen LogP contribution in [0.1, 0.15) is 41.9 Å². The molecule has 0 unspecified atom stereocenters. The SMILES string of the molecule is O=C(NC1CCC(Nc2cc(C(F)(F)F)nc3ccccc23)CC1)c1ccco1. The van der Waals surface area contributed by atoms with Crippen molar-refractivity contribution in [3.05, 3.63) is 60.2 Å². The highest BCUT2D eigenvalue weighted by Crippen LogP contribution is 2.34. The number of benzene rings is 1. The van der Waals surface area contributed by atoms with Gasteiger partial charge < -0.3 is 15.1 Å². The third-order valence-electron chi connectivity index (χ3n) is 5.17. The molecule has 0 aliphatic heterocycles. The van der Waals surface area contributed by atoms with E-state index in [1.165, 1.54) is 6.26 Å². The minimum atomic E-state index is -4.51. The van der Waals surface area contributed by atoms with E-state index < -0.39 is 11.9 Å². The van der Waals surface area contributed by atoms with E-state index in [1.807, 2.05) is 0 Å². The largest absolute Gasteiger partial charge is 0.459 e. The molecule has 0 spiro atoms. The summed E-state index contributed by atoms with van der Waals surface area (Å²) in [6.45, 7) is 0. The van der Waals surface area contributed by atoms with Crippen molar-refractivity contribution in [2.24, 2.45) is 0 Å². The number of rotatable bonds is 4. The zero-order valence-electron chi connectivity index (χ0n) is 15.5. The van der Waals surface area contributed by atoms with Gasteiger partial charge in [0, 0.05) is 23.2 Å². The van der Waals surface area contributed by atoms with E-state index in [1.54, 1.807) is 36.4 Å². The number of alkyl halides is 3. The molecular weight excluding hydrogens is 383 g/mol. The van der Waals surface area contributed by atoms with Crippen molar-refractivity contribution in [1.82, 2.24) is 10.3 Å².